The summed E-state index contributed by atoms with van der Waals surface area (Å²) in [5.41, 5.74) is 12.2. The predicted molar refractivity (Wildman–Crippen MR) is 76.5 cm³/mol. The average Bonchev–Trinajstić information content (AvgIpc) is 2.41. The van der Waals surface area contributed by atoms with Crippen LogP contribution < -0.4 is 11.5 Å². The monoisotopic (exact) mass is 297 g/mol. The molecule has 1 heterocycles. The van der Waals surface area contributed by atoms with Gasteiger partial charge in [0.2, 0.25) is 5.91 Å². The van der Waals surface area contributed by atoms with Crippen molar-refractivity contribution in [2.75, 3.05) is 19.8 Å². The van der Waals surface area contributed by atoms with Crippen LogP contribution in [0.5, 0.6) is 0 Å². The van der Waals surface area contributed by atoms with Crippen molar-refractivity contribution in [3.8, 4) is 0 Å². The summed E-state index contributed by atoms with van der Waals surface area (Å²) in [6.07, 6.45) is 0. The molecule has 0 saturated carbocycles. The molecule has 1 fully saturated rings. The molecule has 1 saturated heterocycles. The van der Waals surface area contributed by atoms with Crippen molar-refractivity contribution in [3.63, 3.8) is 0 Å². The van der Waals surface area contributed by atoms with Crippen LogP contribution in [0, 0.1) is 5.82 Å². The van der Waals surface area contributed by atoms with Crippen molar-refractivity contribution in [3.05, 3.63) is 35.1 Å². The highest BCUT2D eigenvalue weighted by Gasteiger charge is 2.28. The van der Waals surface area contributed by atoms with Gasteiger partial charge in [-0.25, -0.2) is 4.39 Å². The number of hydrogen-bond donors (Lipinski definition) is 2. The number of carbonyl (C=O) groups excluding carboxylic acids is 1. The van der Waals surface area contributed by atoms with Crippen LogP contribution in [0.25, 0.3) is 0 Å². The molecule has 1 atom stereocenters. The zero-order valence-electron chi connectivity index (χ0n) is 10.8. The van der Waals surface area contributed by atoms with E-state index >= 15 is 0 Å². The van der Waals surface area contributed by atoms with Crippen molar-refractivity contribution in [2.45, 2.75) is 12.6 Å². The Labute approximate surface area is 121 Å². The van der Waals surface area contributed by atoms with E-state index in [4.69, 9.17) is 28.4 Å². The minimum absolute atomic E-state index is 0.128. The molecular formula is C13H16FN3O2S. The van der Waals surface area contributed by atoms with E-state index in [1.165, 1.54) is 12.1 Å². The Morgan fingerprint density at radius 2 is 2.25 bits per heavy atom. The zero-order chi connectivity index (χ0) is 14.7. The molecule has 1 aliphatic heterocycles. The summed E-state index contributed by atoms with van der Waals surface area (Å²) >= 11 is 4.93. The van der Waals surface area contributed by atoms with Crippen LogP contribution in [0.1, 0.15) is 11.1 Å². The Bertz CT molecular complexity index is 538. The maximum Gasteiger partial charge on any atom is 0.237 e. The molecule has 0 radical (unpaired) electrons. The summed E-state index contributed by atoms with van der Waals surface area (Å²) in [4.78, 5) is 13.4. The number of halogens is 1. The lowest BCUT2D eigenvalue weighted by atomic mass is 10.1. The third kappa shape index (κ3) is 3.30. The van der Waals surface area contributed by atoms with Crippen molar-refractivity contribution < 1.29 is 13.9 Å². The molecule has 0 aromatic heterocycles. The molecule has 1 aromatic carbocycles. The fourth-order valence-corrected chi connectivity index (χ4v) is 2.41. The van der Waals surface area contributed by atoms with Crippen molar-refractivity contribution >= 4 is 23.1 Å². The summed E-state index contributed by atoms with van der Waals surface area (Å²) in [5.74, 6) is -0.839. The number of hydrogen-bond acceptors (Lipinski definition) is 4. The van der Waals surface area contributed by atoms with Crippen LogP contribution in [-0.4, -0.2) is 41.6 Å². The number of primary amides is 1. The second-order valence-corrected chi connectivity index (χ2v) is 5.07. The number of thiocarbonyl (C=S) groups is 1. The first-order valence-corrected chi connectivity index (χ1v) is 6.59. The van der Waals surface area contributed by atoms with Gasteiger partial charge >= 0.3 is 0 Å². The first-order chi connectivity index (χ1) is 9.49. The lowest BCUT2D eigenvalue weighted by molar-refractivity contribution is -0.129. The Morgan fingerprint density at radius 3 is 2.90 bits per heavy atom. The summed E-state index contributed by atoms with van der Waals surface area (Å²) < 4.78 is 18.5. The molecule has 4 N–H and O–H groups in total. The molecular weight excluding hydrogens is 281 g/mol. The smallest absolute Gasteiger partial charge is 0.237 e. The quantitative estimate of drug-likeness (QED) is 0.773. The molecule has 108 valence electrons. The first-order valence-electron chi connectivity index (χ1n) is 6.18. The Morgan fingerprint density at radius 1 is 1.50 bits per heavy atom. The second-order valence-electron chi connectivity index (χ2n) is 4.63. The van der Waals surface area contributed by atoms with E-state index in [1.807, 2.05) is 4.90 Å². The van der Waals surface area contributed by atoms with Gasteiger partial charge in [-0.3, -0.25) is 9.69 Å². The molecule has 2 rings (SSSR count). The molecule has 7 heteroatoms. The fraction of sp³-hybridized carbons (Fsp3) is 0.385. The van der Waals surface area contributed by atoms with Crippen LogP contribution in [0.4, 0.5) is 4.39 Å². The minimum Gasteiger partial charge on any atom is -0.389 e. The largest absolute Gasteiger partial charge is 0.389 e. The number of morpholine rings is 1. The van der Waals surface area contributed by atoms with Crippen molar-refractivity contribution in [2.24, 2.45) is 11.5 Å². The highest BCUT2D eigenvalue weighted by Crippen LogP contribution is 2.17. The van der Waals surface area contributed by atoms with Crippen LogP contribution in [-0.2, 0) is 16.1 Å². The lowest BCUT2D eigenvalue weighted by Gasteiger charge is -2.33. The van der Waals surface area contributed by atoms with E-state index in [0.717, 1.165) is 5.56 Å². The molecule has 5 nitrogen and oxygen atoms in total. The third-order valence-corrected chi connectivity index (χ3v) is 3.50. The number of ether oxygens (including phenoxy) is 1. The van der Waals surface area contributed by atoms with E-state index in [-0.39, 0.29) is 11.6 Å². The van der Waals surface area contributed by atoms with E-state index < -0.39 is 17.8 Å². The summed E-state index contributed by atoms with van der Waals surface area (Å²) in [6.45, 7) is 1.78. The normalized spacial score (nSPS) is 19.8. The third-order valence-electron chi connectivity index (χ3n) is 3.28. The summed E-state index contributed by atoms with van der Waals surface area (Å²) in [7, 11) is 0. The van der Waals surface area contributed by atoms with Gasteiger partial charge in [0.1, 0.15) is 16.8 Å². The lowest BCUT2D eigenvalue weighted by Crippen LogP contribution is -2.52. The van der Waals surface area contributed by atoms with Crippen LogP contribution in [0.15, 0.2) is 18.2 Å². The highest BCUT2D eigenvalue weighted by molar-refractivity contribution is 7.80. The number of nitrogens with two attached hydrogens (primary N) is 2. The Balaban J connectivity index is 2.24. The van der Waals surface area contributed by atoms with Crippen LogP contribution >= 0.6 is 12.2 Å². The zero-order valence-corrected chi connectivity index (χ0v) is 11.7. The molecule has 0 aliphatic carbocycles. The number of carbonyl (C=O) groups is 1. The molecule has 20 heavy (non-hydrogen) atoms. The summed E-state index contributed by atoms with van der Waals surface area (Å²) in [6, 6.07) is 3.78. The van der Waals surface area contributed by atoms with Gasteiger partial charge < -0.3 is 16.2 Å². The molecule has 1 amide bonds. The first kappa shape index (κ1) is 14.8. The minimum atomic E-state index is -0.493. The topological polar surface area (TPSA) is 81.6 Å². The van der Waals surface area contributed by atoms with E-state index in [0.29, 0.717) is 25.3 Å². The number of rotatable bonds is 4. The van der Waals surface area contributed by atoms with E-state index in [9.17, 15) is 9.18 Å². The predicted octanol–water partition coefficient (Wildman–Crippen LogP) is 0.146. The van der Waals surface area contributed by atoms with Crippen molar-refractivity contribution in [1.82, 2.24) is 4.90 Å². The number of benzene rings is 1. The summed E-state index contributed by atoms with van der Waals surface area (Å²) in [5, 5.41) is 0. The SMILES string of the molecule is NC(=O)C1COCCN1Cc1ccc(F)cc1C(N)=S. The van der Waals surface area contributed by atoms with Gasteiger partial charge in [-0.2, -0.15) is 0 Å². The van der Waals surface area contributed by atoms with Gasteiger partial charge in [-0.1, -0.05) is 18.3 Å². The molecule has 0 bridgehead atoms. The Hall–Kier alpha value is -1.57. The number of nitrogens with zero attached hydrogens (tertiary/aromatic N) is 1. The van der Waals surface area contributed by atoms with E-state index in [2.05, 4.69) is 0 Å². The van der Waals surface area contributed by atoms with Crippen molar-refractivity contribution in [1.29, 1.82) is 0 Å². The maximum absolute atomic E-state index is 13.3. The molecule has 1 aromatic rings. The average molecular weight is 297 g/mol. The fourth-order valence-electron chi connectivity index (χ4n) is 2.22. The van der Waals surface area contributed by atoms with Gasteiger partial charge in [0, 0.05) is 18.7 Å². The van der Waals surface area contributed by atoms with Crippen LogP contribution in [0.2, 0.25) is 0 Å². The second kappa shape index (κ2) is 6.25. The van der Waals surface area contributed by atoms with Gasteiger partial charge in [0.25, 0.3) is 0 Å². The van der Waals surface area contributed by atoms with E-state index in [1.54, 1.807) is 6.07 Å². The van der Waals surface area contributed by atoms with Gasteiger partial charge in [-0.05, 0) is 17.7 Å². The molecule has 1 unspecified atom stereocenters. The molecule has 1 aliphatic rings. The Kier molecular flexibility index (Phi) is 4.64. The highest BCUT2D eigenvalue weighted by atomic mass is 32.1. The van der Waals surface area contributed by atoms with Gasteiger partial charge in [0.05, 0.1) is 13.2 Å². The van der Waals surface area contributed by atoms with Gasteiger partial charge in [-0.15, -0.1) is 0 Å². The number of amides is 1. The standard InChI is InChI=1S/C13H16FN3O2S/c14-9-2-1-8(10(5-9)13(16)20)6-17-3-4-19-7-11(17)12(15)18/h1-2,5,11H,3-4,6-7H2,(H2,15,18)(H2,16,20). The molecule has 0 spiro atoms. The van der Waals surface area contributed by atoms with Gasteiger partial charge in [0.15, 0.2) is 0 Å². The maximum atomic E-state index is 13.3. The van der Waals surface area contributed by atoms with Crippen LogP contribution in [0.3, 0.4) is 0 Å².